The van der Waals surface area contributed by atoms with Gasteiger partial charge in [0.15, 0.2) is 5.96 Å². The molecule has 1 atom stereocenters. The Labute approximate surface area is 182 Å². The summed E-state index contributed by atoms with van der Waals surface area (Å²) in [5.74, 6) is 2.67. The number of hydrogen-bond donors (Lipinski definition) is 2. The van der Waals surface area contributed by atoms with Gasteiger partial charge in [0.1, 0.15) is 11.9 Å². The molecule has 5 nitrogen and oxygen atoms in total. The third kappa shape index (κ3) is 9.14. The second-order valence-corrected chi connectivity index (χ2v) is 7.38. The van der Waals surface area contributed by atoms with Gasteiger partial charge >= 0.3 is 0 Å². The van der Waals surface area contributed by atoms with Crippen molar-refractivity contribution in [3.05, 3.63) is 29.8 Å². The molecule has 27 heavy (non-hydrogen) atoms. The maximum Gasteiger partial charge on any atom is 0.191 e. The van der Waals surface area contributed by atoms with E-state index < -0.39 is 0 Å². The molecule has 1 aromatic rings. The predicted octanol–water partition coefficient (Wildman–Crippen LogP) is 3.67. The quantitative estimate of drug-likeness (QED) is 0.333. The highest BCUT2D eigenvalue weighted by molar-refractivity contribution is 14.0. The Balaban J connectivity index is 0.00000364. The summed E-state index contributed by atoms with van der Waals surface area (Å²) in [6.07, 6.45) is 3.88. The number of nitrogens with one attached hydrogen (secondary N) is 2. The molecule has 0 aromatic heterocycles. The summed E-state index contributed by atoms with van der Waals surface area (Å²) >= 11 is 0. The average molecular weight is 488 g/mol. The van der Waals surface area contributed by atoms with Gasteiger partial charge in [-0.2, -0.15) is 0 Å². The summed E-state index contributed by atoms with van der Waals surface area (Å²) in [4.78, 5) is 7.12. The molecular formula is C21H37IN4O. The first-order chi connectivity index (χ1) is 12.6. The number of likely N-dealkylation sites (tertiary alicyclic amines) is 1. The van der Waals surface area contributed by atoms with Gasteiger partial charge in [-0.1, -0.05) is 18.2 Å². The van der Waals surface area contributed by atoms with Crippen LogP contribution in [0.2, 0.25) is 0 Å². The highest BCUT2D eigenvalue weighted by Crippen LogP contribution is 2.19. The van der Waals surface area contributed by atoms with E-state index in [9.17, 15) is 0 Å². The summed E-state index contributed by atoms with van der Waals surface area (Å²) in [6.45, 7) is 11.2. The van der Waals surface area contributed by atoms with Gasteiger partial charge in [0, 0.05) is 13.1 Å². The highest BCUT2D eigenvalue weighted by Gasteiger charge is 2.16. The molecule has 1 aromatic carbocycles. The Morgan fingerprint density at radius 1 is 1.26 bits per heavy atom. The minimum absolute atomic E-state index is 0. The summed E-state index contributed by atoms with van der Waals surface area (Å²) in [6, 6.07) is 8.12. The summed E-state index contributed by atoms with van der Waals surface area (Å²) in [7, 11) is 2.21. The molecular weight excluding hydrogens is 451 g/mol. The van der Waals surface area contributed by atoms with Gasteiger partial charge in [0.05, 0.1) is 6.54 Å². The number of halogens is 1. The Bertz CT molecular complexity index is 559. The molecule has 0 spiro atoms. The molecule has 0 radical (unpaired) electrons. The van der Waals surface area contributed by atoms with Crippen LogP contribution < -0.4 is 15.4 Å². The Kier molecular flexibility index (Phi) is 11.7. The maximum absolute atomic E-state index is 6.02. The van der Waals surface area contributed by atoms with E-state index >= 15 is 0 Å². The standard InChI is InChI=1S/C21H36N4O.HI/c1-5-22-21(23-13-10-19-11-14-25(4)15-12-19)24-16-18(3)26-20-9-7-6-8-17(20)2;/h6-9,18-19H,5,10-16H2,1-4H3,(H2,22,23,24);1H. The fourth-order valence-electron chi connectivity index (χ4n) is 3.25. The second kappa shape index (κ2) is 13.2. The molecule has 154 valence electrons. The molecule has 0 aliphatic carbocycles. The molecule has 2 N–H and O–H groups in total. The molecule has 0 saturated carbocycles. The average Bonchev–Trinajstić information content (AvgIpc) is 2.63. The zero-order valence-electron chi connectivity index (χ0n) is 17.3. The van der Waals surface area contributed by atoms with E-state index in [4.69, 9.17) is 9.73 Å². The fourth-order valence-corrected chi connectivity index (χ4v) is 3.25. The lowest BCUT2D eigenvalue weighted by molar-refractivity contribution is 0.213. The van der Waals surface area contributed by atoms with Crippen molar-refractivity contribution in [1.29, 1.82) is 0 Å². The van der Waals surface area contributed by atoms with Gasteiger partial charge < -0.3 is 20.3 Å². The highest BCUT2D eigenvalue weighted by atomic mass is 127. The van der Waals surface area contributed by atoms with E-state index in [1.807, 2.05) is 18.2 Å². The van der Waals surface area contributed by atoms with Crippen LogP contribution in [0.25, 0.3) is 0 Å². The van der Waals surface area contributed by atoms with Crippen LogP contribution in [0.3, 0.4) is 0 Å². The first-order valence-electron chi connectivity index (χ1n) is 10.0. The maximum atomic E-state index is 6.02. The fraction of sp³-hybridized carbons (Fsp3) is 0.667. The Morgan fingerprint density at radius 3 is 2.63 bits per heavy atom. The topological polar surface area (TPSA) is 48.9 Å². The van der Waals surface area contributed by atoms with Gasteiger partial charge in [-0.05, 0) is 77.7 Å². The van der Waals surface area contributed by atoms with Crippen molar-refractivity contribution in [2.75, 3.05) is 39.8 Å². The predicted molar refractivity (Wildman–Crippen MR) is 126 cm³/mol. The number of aryl methyl sites for hydroxylation is 1. The van der Waals surface area contributed by atoms with Crippen molar-refractivity contribution < 1.29 is 4.74 Å². The van der Waals surface area contributed by atoms with Crippen LogP contribution in [-0.2, 0) is 0 Å². The number of para-hydroxylation sites is 1. The Hall–Kier alpha value is -1.02. The third-order valence-electron chi connectivity index (χ3n) is 4.96. The lowest BCUT2D eigenvalue weighted by atomic mass is 9.94. The molecule has 0 amide bonds. The lowest BCUT2D eigenvalue weighted by Gasteiger charge is -2.29. The molecule has 6 heteroatoms. The first-order valence-corrected chi connectivity index (χ1v) is 10.0. The smallest absolute Gasteiger partial charge is 0.191 e. The lowest BCUT2D eigenvalue weighted by Crippen LogP contribution is -2.39. The van der Waals surface area contributed by atoms with E-state index in [2.05, 4.69) is 49.4 Å². The van der Waals surface area contributed by atoms with Crippen LogP contribution in [-0.4, -0.2) is 56.7 Å². The van der Waals surface area contributed by atoms with E-state index in [0.29, 0.717) is 6.54 Å². The number of rotatable bonds is 8. The number of ether oxygens (including phenoxy) is 1. The molecule has 1 aliphatic rings. The van der Waals surface area contributed by atoms with Gasteiger partial charge in [0.2, 0.25) is 0 Å². The number of piperidine rings is 1. The van der Waals surface area contributed by atoms with E-state index in [1.54, 1.807) is 0 Å². The largest absolute Gasteiger partial charge is 0.489 e. The van der Waals surface area contributed by atoms with Crippen LogP contribution in [0.1, 0.15) is 38.7 Å². The van der Waals surface area contributed by atoms with Crippen LogP contribution in [0, 0.1) is 12.8 Å². The second-order valence-electron chi connectivity index (χ2n) is 7.38. The molecule has 1 unspecified atom stereocenters. The monoisotopic (exact) mass is 488 g/mol. The molecule has 1 aliphatic heterocycles. The number of guanidine groups is 1. The van der Waals surface area contributed by atoms with Crippen LogP contribution >= 0.6 is 24.0 Å². The van der Waals surface area contributed by atoms with Crippen molar-refractivity contribution in [2.24, 2.45) is 10.9 Å². The number of nitrogens with zero attached hydrogens (tertiary/aromatic N) is 2. The third-order valence-corrected chi connectivity index (χ3v) is 4.96. The SMILES string of the molecule is CCNC(=NCC(C)Oc1ccccc1C)NCCC1CCN(C)CC1.I. The van der Waals surface area contributed by atoms with Crippen molar-refractivity contribution in [3.63, 3.8) is 0 Å². The van der Waals surface area contributed by atoms with Crippen molar-refractivity contribution in [2.45, 2.75) is 46.1 Å². The van der Waals surface area contributed by atoms with Crippen LogP contribution in [0.15, 0.2) is 29.3 Å². The number of aliphatic imine (C=N–C) groups is 1. The van der Waals surface area contributed by atoms with Crippen molar-refractivity contribution in [3.8, 4) is 5.75 Å². The van der Waals surface area contributed by atoms with Crippen molar-refractivity contribution in [1.82, 2.24) is 15.5 Å². The summed E-state index contributed by atoms with van der Waals surface area (Å²) in [5, 5.41) is 6.81. The van der Waals surface area contributed by atoms with E-state index in [1.165, 1.54) is 32.4 Å². The van der Waals surface area contributed by atoms with Crippen LogP contribution in [0.5, 0.6) is 5.75 Å². The molecule has 1 saturated heterocycles. The van der Waals surface area contributed by atoms with E-state index in [-0.39, 0.29) is 30.1 Å². The summed E-state index contributed by atoms with van der Waals surface area (Å²) < 4.78 is 6.02. The molecule has 1 heterocycles. The zero-order chi connectivity index (χ0) is 18.8. The minimum Gasteiger partial charge on any atom is -0.489 e. The summed E-state index contributed by atoms with van der Waals surface area (Å²) in [5.41, 5.74) is 1.16. The van der Waals surface area contributed by atoms with Gasteiger partial charge in [-0.3, -0.25) is 0 Å². The zero-order valence-corrected chi connectivity index (χ0v) is 19.7. The molecule has 1 fully saturated rings. The van der Waals surface area contributed by atoms with Gasteiger partial charge in [-0.25, -0.2) is 4.99 Å². The van der Waals surface area contributed by atoms with Crippen LogP contribution in [0.4, 0.5) is 0 Å². The van der Waals surface area contributed by atoms with Gasteiger partial charge in [0.25, 0.3) is 0 Å². The normalized spacial score (nSPS) is 17.1. The van der Waals surface area contributed by atoms with Gasteiger partial charge in [-0.15, -0.1) is 24.0 Å². The minimum atomic E-state index is 0. The first kappa shape index (κ1) is 24.0. The number of benzene rings is 1. The Morgan fingerprint density at radius 2 is 1.96 bits per heavy atom. The molecule has 0 bridgehead atoms. The number of hydrogen-bond acceptors (Lipinski definition) is 3. The molecule has 2 rings (SSSR count). The van der Waals surface area contributed by atoms with E-state index in [0.717, 1.165) is 36.3 Å². The van der Waals surface area contributed by atoms with Crippen molar-refractivity contribution >= 4 is 29.9 Å².